The number of pyridine rings is 1. The molecule has 1 heterocycles. The molecule has 0 fully saturated rings. The first-order valence-corrected chi connectivity index (χ1v) is 8.30. The molecule has 3 aromatic rings. The van der Waals surface area contributed by atoms with Gasteiger partial charge in [0.2, 0.25) is 0 Å². The summed E-state index contributed by atoms with van der Waals surface area (Å²) in [7, 11) is 0. The Kier molecular flexibility index (Phi) is 5.20. The van der Waals surface area contributed by atoms with E-state index in [1.807, 2.05) is 30.3 Å². The van der Waals surface area contributed by atoms with Gasteiger partial charge < -0.3 is 10.6 Å². The number of hydrogen-bond acceptors (Lipinski definition) is 3. The number of rotatable bonds is 4. The Morgan fingerprint density at radius 1 is 0.800 bits per heavy atom. The molecule has 3 rings (SSSR count). The number of carbonyl (C=O) groups is 2. The van der Waals surface area contributed by atoms with Crippen LogP contribution in [0.15, 0.2) is 77.4 Å². The maximum absolute atomic E-state index is 12.4. The van der Waals surface area contributed by atoms with Gasteiger partial charge in [-0.2, -0.15) is 0 Å². The van der Waals surface area contributed by atoms with Crippen molar-refractivity contribution in [1.29, 1.82) is 0 Å². The van der Waals surface area contributed by atoms with Crippen molar-refractivity contribution in [2.24, 2.45) is 0 Å². The minimum Gasteiger partial charge on any atom is -0.322 e. The first-order valence-electron chi connectivity index (χ1n) is 7.51. The van der Waals surface area contributed by atoms with Crippen LogP contribution in [0.1, 0.15) is 20.8 Å². The molecule has 124 valence electrons. The third-order valence-electron chi connectivity index (χ3n) is 3.37. The number of aromatic nitrogens is 1. The van der Waals surface area contributed by atoms with Gasteiger partial charge in [0.05, 0.1) is 0 Å². The summed E-state index contributed by atoms with van der Waals surface area (Å²) < 4.78 is 0.864. The Bertz CT molecular complexity index is 913. The van der Waals surface area contributed by atoms with Crippen molar-refractivity contribution in [3.8, 4) is 0 Å². The molecule has 0 aliphatic rings. The van der Waals surface area contributed by atoms with Gasteiger partial charge in [0.1, 0.15) is 5.69 Å². The van der Waals surface area contributed by atoms with Gasteiger partial charge >= 0.3 is 0 Å². The van der Waals surface area contributed by atoms with Crippen molar-refractivity contribution >= 4 is 39.1 Å². The van der Waals surface area contributed by atoms with E-state index in [2.05, 4.69) is 31.5 Å². The first kappa shape index (κ1) is 16.9. The van der Waals surface area contributed by atoms with Crippen LogP contribution in [0.5, 0.6) is 0 Å². The predicted molar refractivity (Wildman–Crippen MR) is 101 cm³/mol. The number of para-hydroxylation sites is 1. The van der Waals surface area contributed by atoms with Crippen LogP contribution in [-0.4, -0.2) is 16.8 Å². The molecule has 5 nitrogen and oxygen atoms in total. The fourth-order valence-corrected chi connectivity index (χ4v) is 2.58. The number of amides is 2. The highest BCUT2D eigenvalue weighted by molar-refractivity contribution is 9.10. The number of nitrogens with zero attached hydrogens (tertiary/aromatic N) is 1. The molecule has 0 saturated carbocycles. The lowest BCUT2D eigenvalue weighted by Gasteiger charge is -2.08. The molecule has 0 saturated heterocycles. The van der Waals surface area contributed by atoms with Crippen molar-refractivity contribution in [2.45, 2.75) is 0 Å². The molecule has 1 aromatic heterocycles. The van der Waals surface area contributed by atoms with Gasteiger partial charge in [-0.1, -0.05) is 40.2 Å². The zero-order chi connectivity index (χ0) is 17.6. The largest absolute Gasteiger partial charge is 0.322 e. The third-order valence-corrected chi connectivity index (χ3v) is 3.86. The average Bonchev–Trinajstić information content (AvgIpc) is 2.62. The fourth-order valence-electron chi connectivity index (χ4n) is 2.18. The number of halogens is 1. The number of nitrogens with one attached hydrogen (secondary N) is 2. The number of carbonyl (C=O) groups excluding carboxylic acids is 2. The molecule has 2 amide bonds. The molecular weight excluding hydrogens is 382 g/mol. The summed E-state index contributed by atoms with van der Waals surface area (Å²) >= 11 is 3.36. The maximum Gasteiger partial charge on any atom is 0.274 e. The summed E-state index contributed by atoms with van der Waals surface area (Å²) in [5.41, 5.74) is 1.85. The van der Waals surface area contributed by atoms with E-state index in [-0.39, 0.29) is 17.5 Å². The molecule has 25 heavy (non-hydrogen) atoms. The SMILES string of the molecule is O=C(Nc1cccc(Br)c1)c1ccnc(C(=O)Nc2ccccc2)c1. The van der Waals surface area contributed by atoms with Gasteiger partial charge in [0, 0.05) is 27.6 Å². The summed E-state index contributed by atoms with van der Waals surface area (Å²) in [5, 5.41) is 5.53. The predicted octanol–water partition coefficient (Wildman–Crippen LogP) is 4.35. The molecule has 0 bridgehead atoms. The van der Waals surface area contributed by atoms with Gasteiger partial charge in [-0.3, -0.25) is 14.6 Å². The number of anilines is 2. The van der Waals surface area contributed by atoms with Crippen molar-refractivity contribution in [3.05, 3.63) is 88.7 Å². The van der Waals surface area contributed by atoms with Gasteiger partial charge in [-0.15, -0.1) is 0 Å². The van der Waals surface area contributed by atoms with Crippen molar-refractivity contribution in [1.82, 2.24) is 4.98 Å². The minimum atomic E-state index is -0.372. The molecule has 2 N–H and O–H groups in total. The third kappa shape index (κ3) is 4.51. The highest BCUT2D eigenvalue weighted by atomic mass is 79.9. The van der Waals surface area contributed by atoms with E-state index in [0.717, 1.165) is 4.47 Å². The number of hydrogen-bond donors (Lipinski definition) is 2. The molecule has 0 aliphatic carbocycles. The summed E-state index contributed by atoms with van der Waals surface area (Å²) in [5.74, 6) is -0.683. The Morgan fingerprint density at radius 3 is 2.28 bits per heavy atom. The second-order valence-electron chi connectivity index (χ2n) is 5.21. The van der Waals surface area contributed by atoms with E-state index in [0.29, 0.717) is 16.9 Å². The molecule has 0 atom stereocenters. The minimum absolute atomic E-state index is 0.172. The van der Waals surface area contributed by atoms with Crippen LogP contribution in [0.25, 0.3) is 0 Å². The smallest absolute Gasteiger partial charge is 0.274 e. The first-order chi connectivity index (χ1) is 12.1. The van der Waals surface area contributed by atoms with E-state index in [1.54, 1.807) is 30.3 Å². The molecule has 0 spiro atoms. The van der Waals surface area contributed by atoms with Crippen LogP contribution in [0.4, 0.5) is 11.4 Å². The van der Waals surface area contributed by atoms with E-state index >= 15 is 0 Å². The molecule has 2 aromatic carbocycles. The average molecular weight is 396 g/mol. The molecule has 6 heteroatoms. The standard InChI is InChI=1S/C19H14BrN3O2/c20-14-5-4-8-16(12-14)23-18(24)13-9-10-21-17(11-13)19(25)22-15-6-2-1-3-7-15/h1-12H,(H,22,25)(H,23,24). The lowest BCUT2D eigenvalue weighted by atomic mass is 10.2. The Morgan fingerprint density at radius 2 is 1.52 bits per heavy atom. The van der Waals surface area contributed by atoms with E-state index in [4.69, 9.17) is 0 Å². The Labute approximate surface area is 153 Å². The zero-order valence-electron chi connectivity index (χ0n) is 13.1. The lowest BCUT2D eigenvalue weighted by molar-refractivity contribution is 0.102. The fraction of sp³-hybridized carbons (Fsp3) is 0. The Hall–Kier alpha value is -2.99. The van der Waals surface area contributed by atoms with Crippen molar-refractivity contribution in [2.75, 3.05) is 10.6 Å². The monoisotopic (exact) mass is 395 g/mol. The number of benzene rings is 2. The summed E-state index contributed by atoms with van der Waals surface area (Å²) in [4.78, 5) is 28.7. The van der Waals surface area contributed by atoms with Gasteiger partial charge in [0.15, 0.2) is 0 Å². The van der Waals surface area contributed by atoms with E-state index < -0.39 is 0 Å². The summed E-state index contributed by atoms with van der Waals surface area (Å²) in [6, 6.07) is 19.4. The van der Waals surface area contributed by atoms with Crippen molar-refractivity contribution in [3.63, 3.8) is 0 Å². The molecule has 0 radical (unpaired) electrons. The Balaban J connectivity index is 1.74. The van der Waals surface area contributed by atoms with Crippen LogP contribution in [0, 0.1) is 0 Å². The quantitative estimate of drug-likeness (QED) is 0.689. The maximum atomic E-state index is 12.4. The van der Waals surface area contributed by atoms with E-state index in [1.165, 1.54) is 12.3 Å². The second kappa shape index (κ2) is 7.72. The molecule has 0 unspecified atom stereocenters. The highest BCUT2D eigenvalue weighted by Crippen LogP contribution is 2.17. The van der Waals surface area contributed by atoms with Gasteiger partial charge in [-0.05, 0) is 42.5 Å². The topological polar surface area (TPSA) is 71.1 Å². The van der Waals surface area contributed by atoms with Crippen LogP contribution in [0.3, 0.4) is 0 Å². The van der Waals surface area contributed by atoms with Gasteiger partial charge in [-0.25, -0.2) is 0 Å². The highest BCUT2D eigenvalue weighted by Gasteiger charge is 2.12. The van der Waals surface area contributed by atoms with Crippen LogP contribution >= 0.6 is 15.9 Å². The molecular formula is C19H14BrN3O2. The van der Waals surface area contributed by atoms with Crippen LogP contribution < -0.4 is 10.6 Å². The summed E-state index contributed by atoms with van der Waals surface area (Å²) in [6.45, 7) is 0. The van der Waals surface area contributed by atoms with E-state index in [9.17, 15) is 9.59 Å². The van der Waals surface area contributed by atoms with Crippen LogP contribution in [-0.2, 0) is 0 Å². The lowest BCUT2D eigenvalue weighted by Crippen LogP contribution is -2.17. The summed E-state index contributed by atoms with van der Waals surface area (Å²) in [6.07, 6.45) is 1.44. The second-order valence-corrected chi connectivity index (χ2v) is 6.13. The van der Waals surface area contributed by atoms with Crippen molar-refractivity contribution < 1.29 is 9.59 Å². The van der Waals surface area contributed by atoms with Gasteiger partial charge in [0.25, 0.3) is 11.8 Å². The van der Waals surface area contributed by atoms with Crippen LogP contribution in [0.2, 0.25) is 0 Å². The zero-order valence-corrected chi connectivity index (χ0v) is 14.7. The molecule has 0 aliphatic heterocycles. The normalized spacial score (nSPS) is 10.1.